The van der Waals surface area contributed by atoms with Gasteiger partial charge in [-0.3, -0.25) is 14.4 Å². The summed E-state index contributed by atoms with van der Waals surface area (Å²) < 4.78 is 16.3. The van der Waals surface area contributed by atoms with Crippen LogP contribution in [-0.4, -0.2) is 53.4 Å². The van der Waals surface area contributed by atoms with Gasteiger partial charge >= 0.3 is 11.9 Å². The lowest BCUT2D eigenvalue weighted by Crippen LogP contribution is -2.55. The molecule has 0 unspecified atom stereocenters. The van der Waals surface area contributed by atoms with Crippen LogP contribution in [0.5, 0.6) is 11.5 Å². The molecular formula is C25H36O8. The highest BCUT2D eigenvalue weighted by Gasteiger charge is 2.57. The smallest absolute Gasteiger partial charge is 0.317 e. The van der Waals surface area contributed by atoms with Gasteiger partial charge in [0.1, 0.15) is 5.92 Å². The molecule has 8 heteroatoms. The molecule has 1 aliphatic rings. The van der Waals surface area contributed by atoms with E-state index in [-0.39, 0.29) is 49.6 Å². The van der Waals surface area contributed by atoms with Crippen molar-refractivity contribution in [3.05, 3.63) is 23.8 Å². The molecule has 0 bridgehead atoms. The molecule has 1 fully saturated rings. The summed E-state index contributed by atoms with van der Waals surface area (Å²) in [5.74, 6) is -5.38. The normalized spacial score (nSPS) is 25.2. The average Bonchev–Trinajstić information content (AvgIpc) is 2.70. The Labute approximate surface area is 195 Å². The number of ketones is 1. The average molecular weight is 465 g/mol. The van der Waals surface area contributed by atoms with Gasteiger partial charge < -0.3 is 24.4 Å². The van der Waals surface area contributed by atoms with Crippen LogP contribution in [0.2, 0.25) is 0 Å². The van der Waals surface area contributed by atoms with E-state index in [1.807, 2.05) is 27.7 Å². The maximum Gasteiger partial charge on any atom is 0.317 e. The zero-order chi connectivity index (χ0) is 24.9. The van der Waals surface area contributed by atoms with Gasteiger partial charge in [-0.25, -0.2) is 0 Å². The summed E-state index contributed by atoms with van der Waals surface area (Å²) in [6.07, 6.45) is -0.386. The fourth-order valence-corrected chi connectivity index (χ4v) is 4.10. The Hall–Kier alpha value is -2.61. The molecule has 0 amide bonds. The second-order valence-corrected chi connectivity index (χ2v) is 9.69. The number of aromatic hydroxyl groups is 1. The number of carbonyl (C=O) groups excluding carboxylic acids is 3. The van der Waals surface area contributed by atoms with Crippen LogP contribution in [0.4, 0.5) is 0 Å². The molecule has 0 radical (unpaired) electrons. The van der Waals surface area contributed by atoms with Gasteiger partial charge in [0.2, 0.25) is 0 Å². The second-order valence-electron chi connectivity index (χ2n) is 9.69. The number of aliphatic hydroxyl groups is 1. The molecule has 0 aliphatic heterocycles. The number of rotatable bonds is 9. The van der Waals surface area contributed by atoms with Gasteiger partial charge in [0.15, 0.2) is 17.3 Å². The standard InChI is InChI=1S/C25H36O8/c1-7-31-19-10-16(8-9-17(19)26)20-21(23(28)32-12-14(2)3)18(27)11-25(6,30)22(20)24(29)33-13-15(4)5/h8-10,14-15,20-22,26,30H,7,11-13H2,1-6H3/t20-,21+,22-,25+/m0/s1. The van der Waals surface area contributed by atoms with Crippen molar-refractivity contribution >= 4 is 17.7 Å². The van der Waals surface area contributed by atoms with E-state index in [2.05, 4.69) is 0 Å². The van der Waals surface area contributed by atoms with E-state index in [1.165, 1.54) is 25.1 Å². The number of hydrogen-bond acceptors (Lipinski definition) is 8. The summed E-state index contributed by atoms with van der Waals surface area (Å²) in [4.78, 5) is 39.4. The topological polar surface area (TPSA) is 119 Å². The lowest BCUT2D eigenvalue weighted by Gasteiger charge is -2.43. The molecule has 0 heterocycles. The molecule has 0 saturated heterocycles. The zero-order valence-electron chi connectivity index (χ0n) is 20.3. The van der Waals surface area contributed by atoms with Crippen molar-refractivity contribution in [2.24, 2.45) is 23.7 Å². The van der Waals surface area contributed by atoms with Crippen LogP contribution >= 0.6 is 0 Å². The molecule has 1 aliphatic carbocycles. The molecule has 1 aromatic rings. The Balaban J connectivity index is 2.60. The van der Waals surface area contributed by atoms with Gasteiger partial charge in [-0.05, 0) is 43.4 Å². The molecule has 1 saturated carbocycles. The number of phenols is 1. The molecule has 2 rings (SSSR count). The van der Waals surface area contributed by atoms with Crippen LogP contribution in [0.25, 0.3) is 0 Å². The Morgan fingerprint density at radius 2 is 1.67 bits per heavy atom. The predicted octanol–water partition coefficient (Wildman–Crippen LogP) is 3.23. The van der Waals surface area contributed by atoms with Gasteiger partial charge in [-0.1, -0.05) is 33.8 Å². The maximum atomic E-state index is 13.2. The van der Waals surface area contributed by atoms with Crippen molar-refractivity contribution in [2.75, 3.05) is 19.8 Å². The molecule has 184 valence electrons. The van der Waals surface area contributed by atoms with Gasteiger partial charge in [0.05, 0.1) is 31.3 Å². The summed E-state index contributed by atoms with van der Waals surface area (Å²) in [7, 11) is 0. The minimum atomic E-state index is -1.74. The predicted molar refractivity (Wildman–Crippen MR) is 121 cm³/mol. The fraction of sp³-hybridized carbons (Fsp3) is 0.640. The van der Waals surface area contributed by atoms with Crippen molar-refractivity contribution in [1.29, 1.82) is 0 Å². The lowest BCUT2D eigenvalue weighted by molar-refractivity contribution is -0.174. The van der Waals surface area contributed by atoms with E-state index in [1.54, 1.807) is 6.92 Å². The van der Waals surface area contributed by atoms with E-state index >= 15 is 0 Å². The van der Waals surface area contributed by atoms with Crippen LogP contribution < -0.4 is 4.74 Å². The van der Waals surface area contributed by atoms with Crippen LogP contribution in [0.15, 0.2) is 18.2 Å². The number of ether oxygens (including phenoxy) is 3. The highest BCUT2D eigenvalue weighted by atomic mass is 16.5. The van der Waals surface area contributed by atoms with Crippen molar-refractivity contribution < 1.29 is 38.8 Å². The first-order valence-corrected chi connectivity index (χ1v) is 11.4. The van der Waals surface area contributed by atoms with Crippen molar-refractivity contribution in [2.45, 2.75) is 59.5 Å². The first-order valence-electron chi connectivity index (χ1n) is 11.4. The van der Waals surface area contributed by atoms with E-state index in [0.717, 1.165) is 0 Å². The zero-order valence-corrected chi connectivity index (χ0v) is 20.3. The minimum Gasteiger partial charge on any atom is -0.504 e. The summed E-state index contributed by atoms with van der Waals surface area (Å²) in [6.45, 7) is 11.2. The van der Waals surface area contributed by atoms with Crippen molar-refractivity contribution in [3.63, 3.8) is 0 Å². The van der Waals surface area contributed by atoms with E-state index < -0.39 is 41.1 Å². The highest BCUT2D eigenvalue weighted by Crippen LogP contribution is 2.48. The molecule has 2 N–H and O–H groups in total. The maximum absolute atomic E-state index is 13.2. The van der Waals surface area contributed by atoms with Crippen molar-refractivity contribution in [3.8, 4) is 11.5 Å². The molecular weight excluding hydrogens is 428 g/mol. The number of phenolic OH excluding ortho intramolecular Hbond substituents is 1. The van der Waals surface area contributed by atoms with Gasteiger partial charge in [0, 0.05) is 12.3 Å². The molecule has 0 aromatic heterocycles. The molecule has 33 heavy (non-hydrogen) atoms. The molecule has 1 aromatic carbocycles. The van der Waals surface area contributed by atoms with Crippen LogP contribution in [0.1, 0.15) is 59.4 Å². The van der Waals surface area contributed by atoms with Gasteiger partial charge in [-0.2, -0.15) is 0 Å². The van der Waals surface area contributed by atoms with Gasteiger partial charge in [0.25, 0.3) is 0 Å². The first-order chi connectivity index (χ1) is 15.4. The number of carbonyl (C=O) groups is 3. The van der Waals surface area contributed by atoms with E-state index in [0.29, 0.717) is 5.56 Å². The quantitative estimate of drug-likeness (QED) is 0.422. The fourth-order valence-electron chi connectivity index (χ4n) is 4.10. The summed E-state index contributed by atoms with van der Waals surface area (Å²) in [5.41, 5.74) is -1.35. The lowest BCUT2D eigenvalue weighted by atomic mass is 9.61. The summed E-state index contributed by atoms with van der Waals surface area (Å²) in [5, 5.41) is 21.3. The van der Waals surface area contributed by atoms with E-state index in [9.17, 15) is 24.6 Å². The number of hydrogen-bond donors (Lipinski definition) is 2. The third-order valence-electron chi connectivity index (χ3n) is 5.56. The van der Waals surface area contributed by atoms with Gasteiger partial charge in [-0.15, -0.1) is 0 Å². The molecule has 0 spiro atoms. The second kappa shape index (κ2) is 11.0. The largest absolute Gasteiger partial charge is 0.504 e. The van der Waals surface area contributed by atoms with Crippen LogP contribution in [-0.2, 0) is 23.9 Å². The van der Waals surface area contributed by atoms with Crippen LogP contribution in [0.3, 0.4) is 0 Å². The minimum absolute atomic E-state index is 0.0548. The third-order valence-corrected chi connectivity index (χ3v) is 5.56. The first kappa shape index (κ1) is 26.6. The Bertz CT molecular complexity index is 858. The van der Waals surface area contributed by atoms with Crippen molar-refractivity contribution in [1.82, 2.24) is 0 Å². The SMILES string of the molecule is CCOc1cc([C@H]2[C@H](C(=O)OCC(C)C)C(=O)C[C@@](C)(O)[C@@H]2C(=O)OCC(C)C)ccc1O. The number of esters is 2. The van der Waals surface area contributed by atoms with E-state index in [4.69, 9.17) is 14.2 Å². The monoisotopic (exact) mass is 464 g/mol. The molecule has 8 nitrogen and oxygen atoms in total. The van der Waals surface area contributed by atoms with Crippen LogP contribution in [0, 0.1) is 23.7 Å². The summed E-state index contributed by atoms with van der Waals surface area (Å²) >= 11 is 0. The third kappa shape index (κ3) is 6.47. The number of benzene rings is 1. The summed E-state index contributed by atoms with van der Waals surface area (Å²) in [6, 6.07) is 4.38. The highest BCUT2D eigenvalue weighted by molar-refractivity contribution is 6.02. The Morgan fingerprint density at radius 3 is 2.21 bits per heavy atom. The molecule has 4 atom stereocenters. The Morgan fingerprint density at radius 1 is 1.09 bits per heavy atom. The number of Topliss-reactive ketones (excluding diaryl/α,β-unsaturated/α-hetero) is 1. The Kier molecular flexibility index (Phi) is 8.89.